The topological polar surface area (TPSA) is 131 Å². The van der Waals surface area contributed by atoms with E-state index in [1.165, 1.54) is 13.1 Å². The summed E-state index contributed by atoms with van der Waals surface area (Å²) < 4.78 is 0. The summed E-state index contributed by atoms with van der Waals surface area (Å²) in [5.41, 5.74) is 11.5. The molecule has 1 aromatic heterocycles. The van der Waals surface area contributed by atoms with Crippen LogP contribution in [0.5, 0.6) is 0 Å². The SMILES string of the molecule is C[C@H](Nc1c(CN)ccnc1C(N)=O)C(=O)O. The van der Waals surface area contributed by atoms with Crippen LogP contribution in [0.15, 0.2) is 12.3 Å². The van der Waals surface area contributed by atoms with E-state index in [4.69, 9.17) is 16.6 Å². The minimum atomic E-state index is -1.05. The summed E-state index contributed by atoms with van der Waals surface area (Å²) in [4.78, 5) is 25.7. The summed E-state index contributed by atoms with van der Waals surface area (Å²) in [5, 5.41) is 11.5. The van der Waals surface area contributed by atoms with Gasteiger partial charge in [-0.2, -0.15) is 0 Å². The van der Waals surface area contributed by atoms with Gasteiger partial charge in [-0.1, -0.05) is 0 Å². The molecule has 6 N–H and O–H groups in total. The Morgan fingerprint density at radius 3 is 2.71 bits per heavy atom. The number of carbonyl (C=O) groups excluding carboxylic acids is 1. The third-order valence-electron chi connectivity index (χ3n) is 2.22. The Balaban J connectivity index is 3.18. The molecular weight excluding hydrogens is 224 g/mol. The van der Waals surface area contributed by atoms with Gasteiger partial charge < -0.3 is 21.9 Å². The molecule has 1 aromatic rings. The van der Waals surface area contributed by atoms with E-state index >= 15 is 0 Å². The Morgan fingerprint density at radius 1 is 1.59 bits per heavy atom. The number of anilines is 1. The molecular formula is C10H14N4O3. The predicted octanol–water partition coefficient (Wildman–Crippen LogP) is -0.476. The molecule has 1 atom stereocenters. The van der Waals surface area contributed by atoms with Gasteiger partial charge in [0.25, 0.3) is 5.91 Å². The maximum atomic E-state index is 11.2. The molecule has 0 spiro atoms. The van der Waals surface area contributed by atoms with Gasteiger partial charge in [0.15, 0.2) is 5.69 Å². The molecule has 0 aliphatic carbocycles. The Bertz CT molecular complexity index is 447. The number of primary amides is 1. The van der Waals surface area contributed by atoms with Crippen LogP contribution < -0.4 is 16.8 Å². The number of pyridine rings is 1. The summed E-state index contributed by atoms with van der Waals surface area (Å²) in [6.07, 6.45) is 1.40. The number of aliphatic carboxylic acids is 1. The smallest absolute Gasteiger partial charge is 0.325 e. The fourth-order valence-electron chi connectivity index (χ4n) is 1.30. The van der Waals surface area contributed by atoms with Crippen LogP contribution >= 0.6 is 0 Å². The van der Waals surface area contributed by atoms with E-state index in [1.807, 2.05) is 0 Å². The molecule has 92 valence electrons. The van der Waals surface area contributed by atoms with Gasteiger partial charge in [0, 0.05) is 12.7 Å². The minimum absolute atomic E-state index is 0.0129. The summed E-state index contributed by atoms with van der Waals surface area (Å²) in [6, 6.07) is 0.728. The molecule has 0 aromatic carbocycles. The molecule has 0 radical (unpaired) electrons. The maximum absolute atomic E-state index is 11.2. The van der Waals surface area contributed by atoms with Crippen molar-refractivity contribution in [3.8, 4) is 0 Å². The van der Waals surface area contributed by atoms with Gasteiger partial charge in [-0.3, -0.25) is 9.59 Å². The molecule has 0 aliphatic rings. The van der Waals surface area contributed by atoms with Crippen molar-refractivity contribution in [2.24, 2.45) is 11.5 Å². The van der Waals surface area contributed by atoms with Crippen molar-refractivity contribution in [1.82, 2.24) is 4.98 Å². The van der Waals surface area contributed by atoms with Crippen LogP contribution in [-0.4, -0.2) is 28.0 Å². The molecule has 0 saturated heterocycles. The Kier molecular flexibility index (Phi) is 4.00. The first kappa shape index (κ1) is 12.9. The van der Waals surface area contributed by atoms with E-state index in [1.54, 1.807) is 6.07 Å². The van der Waals surface area contributed by atoms with E-state index in [9.17, 15) is 9.59 Å². The summed E-state index contributed by atoms with van der Waals surface area (Å²) in [6.45, 7) is 1.60. The van der Waals surface area contributed by atoms with Gasteiger partial charge in [-0.15, -0.1) is 0 Å². The van der Waals surface area contributed by atoms with Crippen molar-refractivity contribution < 1.29 is 14.7 Å². The van der Waals surface area contributed by atoms with E-state index < -0.39 is 17.9 Å². The first-order valence-electron chi connectivity index (χ1n) is 4.94. The number of hydrogen-bond acceptors (Lipinski definition) is 5. The molecule has 0 saturated carbocycles. The number of nitrogens with two attached hydrogens (primary N) is 2. The second-order valence-corrected chi connectivity index (χ2v) is 3.47. The van der Waals surface area contributed by atoms with Crippen LogP contribution in [-0.2, 0) is 11.3 Å². The molecule has 17 heavy (non-hydrogen) atoms. The highest BCUT2D eigenvalue weighted by Crippen LogP contribution is 2.19. The Labute approximate surface area is 97.8 Å². The van der Waals surface area contributed by atoms with Crippen molar-refractivity contribution in [3.63, 3.8) is 0 Å². The fourth-order valence-corrected chi connectivity index (χ4v) is 1.30. The van der Waals surface area contributed by atoms with Crippen LogP contribution in [0.2, 0.25) is 0 Å². The molecule has 1 rings (SSSR count). The van der Waals surface area contributed by atoms with Crippen LogP contribution in [0.3, 0.4) is 0 Å². The van der Waals surface area contributed by atoms with Crippen LogP contribution in [0.25, 0.3) is 0 Å². The van der Waals surface area contributed by atoms with Crippen molar-refractivity contribution in [2.45, 2.75) is 19.5 Å². The summed E-state index contributed by atoms with van der Waals surface area (Å²) in [7, 11) is 0. The second kappa shape index (κ2) is 5.26. The van der Waals surface area contributed by atoms with Crippen molar-refractivity contribution >= 4 is 17.6 Å². The lowest BCUT2D eigenvalue weighted by Crippen LogP contribution is -2.28. The third kappa shape index (κ3) is 2.91. The van der Waals surface area contributed by atoms with E-state index in [-0.39, 0.29) is 17.9 Å². The van der Waals surface area contributed by atoms with Crippen molar-refractivity contribution in [1.29, 1.82) is 0 Å². The molecule has 0 fully saturated rings. The highest BCUT2D eigenvalue weighted by Gasteiger charge is 2.18. The van der Waals surface area contributed by atoms with Crippen molar-refractivity contribution in [2.75, 3.05) is 5.32 Å². The zero-order chi connectivity index (χ0) is 13.0. The zero-order valence-electron chi connectivity index (χ0n) is 9.30. The molecule has 0 unspecified atom stereocenters. The molecule has 7 nitrogen and oxygen atoms in total. The molecule has 1 heterocycles. The van der Waals surface area contributed by atoms with Gasteiger partial charge >= 0.3 is 5.97 Å². The van der Waals surface area contributed by atoms with Crippen LogP contribution in [0.1, 0.15) is 23.0 Å². The number of rotatable bonds is 5. The first-order chi connectivity index (χ1) is 7.97. The fraction of sp³-hybridized carbons (Fsp3) is 0.300. The van der Waals surface area contributed by atoms with E-state index in [0.717, 1.165) is 0 Å². The molecule has 1 amide bonds. The molecule has 7 heteroatoms. The van der Waals surface area contributed by atoms with Gasteiger partial charge in [0.05, 0.1) is 5.69 Å². The largest absolute Gasteiger partial charge is 0.480 e. The van der Waals surface area contributed by atoms with Gasteiger partial charge in [-0.25, -0.2) is 4.98 Å². The number of nitrogens with one attached hydrogen (secondary N) is 1. The quantitative estimate of drug-likeness (QED) is 0.548. The first-order valence-corrected chi connectivity index (χ1v) is 4.94. The number of hydrogen-bond donors (Lipinski definition) is 4. The average molecular weight is 238 g/mol. The van der Waals surface area contributed by atoms with Crippen LogP contribution in [0.4, 0.5) is 5.69 Å². The van der Waals surface area contributed by atoms with Crippen LogP contribution in [0, 0.1) is 0 Å². The van der Waals surface area contributed by atoms with E-state index in [0.29, 0.717) is 5.56 Å². The number of carboxylic acid groups (broad SMARTS) is 1. The lowest BCUT2D eigenvalue weighted by molar-refractivity contribution is -0.137. The highest BCUT2D eigenvalue weighted by atomic mass is 16.4. The molecule has 0 bridgehead atoms. The Hall–Kier alpha value is -2.15. The van der Waals surface area contributed by atoms with Crippen molar-refractivity contribution in [3.05, 3.63) is 23.5 Å². The third-order valence-corrected chi connectivity index (χ3v) is 2.22. The number of carbonyl (C=O) groups is 2. The number of carboxylic acids is 1. The van der Waals surface area contributed by atoms with Gasteiger partial charge in [0.1, 0.15) is 6.04 Å². The Morgan fingerprint density at radius 2 is 2.24 bits per heavy atom. The lowest BCUT2D eigenvalue weighted by Gasteiger charge is -2.16. The average Bonchev–Trinajstić information content (AvgIpc) is 2.28. The van der Waals surface area contributed by atoms with Gasteiger partial charge in [-0.05, 0) is 18.6 Å². The standard InChI is InChI=1S/C10H14N4O3/c1-5(10(16)17)14-7-6(4-11)2-3-13-8(7)9(12)15/h2-3,5,14H,4,11H2,1H3,(H2,12,15)(H,16,17)/t5-/m0/s1. The highest BCUT2D eigenvalue weighted by molar-refractivity contribution is 5.97. The second-order valence-electron chi connectivity index (χ2n) is 3.47. The number of nitrogens with zero attached hydrogens (tertiary/aromatic N) is 1. The summed E-state index contributed by atoms with van der Waals surface area (Å²) >= 11 is 0. The summed E-state index contributed by atoms with van der Waals surface area (Å²) in [5.74, 6) is -1.78. The van der Waals surface area contributed by atoms with Gasteiger partial charge in [0.2, 0.25) is 0 Å². The lowest BCUT2D eigenvalue weighted by atomic mass is 10.1. The van der Waals surface area contributed by atoms with E-state index in [2.05, 4.69) is 10.3 Å². The number of aromatic nitrogens is 1. The monoisotopic (exact) mass is 238 g/mol. The number of amides is 1. The molecule has 0 aliphatic heterocycles. The predicted molar refractivity (Wildman–Crippen MR) is 61.4 cm³/mol. The zero-order valence-corrected chi connectivity index (χ0v) is 9.30. The minimum Gasteiger partial charge on any atom is -0.480 e. The normalized spacial score (nSPS) is 11.9. The maximum Gasteiger partial charge on any atom is 0.325 e.